The van der Waals surface area contributed by atoms with Crippen LogP contribution in [-0.2, 0) is 6.54 Å². The zero-order chi connectivity index (χ0) is 12.3. The van der Waals surface area contributed by atoms with E-state index in [4.69, 9.17) is 0 Å². The van der Waals surface area contributed by atoms with Crippen LogP contribution in [0.5, 0.6) is 0 Å². The molecule has 1 saturated carbocycles. The van der Waals surface area contributed by atoms with Crippen molar-refractivity contribution in [2.75, 3.05) is 18.5 Å². The van der Waals surface area contributed by atoms with Crippen molar-refractivity contribution in [2.24, 2.45) is 0 Å². The molecule has 1 N–H and O–H groups in total. The first-order valence-corrected chi connectivity index (χ1v) is 5.90. The molecule has 0 radical (unpaired) electrons. The van der Waals surface area contributed by atoms with E-state index in [0.29, 0.717) is 19.1 Å². The molecule has 0 bridgehead atoms. The third kappa shape index (κ3) is 3.27. The van der Waals surface area contributed by atoms with Crippen molar-refractivity contribution in [1.29, 1.82) is 0 Å². The summed E-state index contributed by atoms with van der Waals surface area (Å²) in [5.74, 6) is 0.535. The lowest BCUT2D eigenvalue weighted by molar-refractivity contribution is 0.611. The first-order chi connectivity index (χ1) is 8.20. The van der Waals surface area contributed by atoms with Gasteiger partial charge in [0, 0.05) is 31.7 Å². The monoisotopic (exact) mass is 235 g/mol. The molecule has 0 atom stereocenters. The summed E-state index contributed by atoms with van der Waals surface area (Å²) >= 11 is 0. The second kappa shape index (κ2) is 5.27. The van der Waals surface area contributed by atoms with Crippen LogP contribution in [0.25, 0.3) is 0 Å². The summed E-state index contributed by atoms with van der Waals surface area (Å²) in [6.45, 7) is 5.07. The molecule has 1 aromatic heterocycles. The molecule has 17 heavy (non-hydrogen) atoms. The molecule has 3 nitrogen and oxygen atoms in total. The van der Waals surface area contributed by atoms with Crippen LogP contribution in [0.1, 0.15) is 18.4 Å². The summed E-state index contributed by atoms with van der Waals surface area (Å²) in [5, 5.41) is 3.38. The van der Waals surface area contributed by atoms with Crippen LogP contribution in [0.4, 0.5) is 10.2 Å². The van der Waals surface area contributed by atoms with E-state index < -0.39 is 0 Å². The zero-order valence-electron chi connectivity index (χ0n) is 10.1. The quantitative estimate of drug-likeness (QED) is 0.765. The minimum atomic E-state index is -0.284. The lowest BCUT2D eigenvalue weighted by Gasteiger charge is -2.19. The maximum Gasteiger partial charge on any atom is 0.141 e. The van der Waals surface area contributed by atoms with Crippen molar-refractivity contribution in [3.63, 3.8) is 0 Å². The highest BCUT2D eigenvalue weighted by Gasteiger charge is 2.21. The van der Waals surface area contributed by atoms with Crippen molar-refractivity contribution in [3.05, 3.63) is 36.3 Å². The number of nitrogens with one attached hydrogen (secondary N) is 1. The average molecular weight is 235 g/mol. The molecule has 1 fully saturated rings. The molecule has 92 valence electrons. The van der Waals surface area contributed by atoms with Crippen LogP contribution in [0.2, 0.25) is 0 Å². The molecule has 0 saturated heterocycles. The Bertz CT molecular complexity index is 402. The number of hydrogen-bond acceptors (Lipinski definition) is 3. The third-order valence-electron chi connectivity index (χ3n) is 2.83. The predicted molar refractivity (Wildman–Crippen MR) is 67.5 cm³/mol. The summed E-state index contributed by atoms with van der Waals surface area (Å²) in [6.07, 6.45) is 5.51. The number of likely N-dealkylation sites (N-methyl/N-ethyl adjacent to an activating group) is 1. The van der Waals surface area contributed by atoms with Crippen LogP contribution in [0.3, 0.4) is 0 Å². The van der Waals surface area contributed by atoms with Crippen molar-refractivity contribution in [1.82, 2.24) is 10.3 Å². The van der Waals surface area contributed by atoms with Gasteiger partial charge in [0.1, 0.15) is 11.6 Å². The zero-order valence-corrected chi connectivity index (χ0v) is 10.1. The molecular formula is C13H18FN3. The molecule has 1 aliphatic carbocycles. The molecule has 0 unspecified atom stereocenters. The van der Waals surface area contributed by atoms with Gasteiger partial charge >= 0.3 is 0 Å². The van der Waals surface area contributed by atoms with E-state index in [1.807, 2.05) is 18.0 Å². The largest absolute Gasteiger partial charge is 0.356 e. The van der Waals surface area contributed by atoms with E-state index in [-0.39, 0.29) is 5.82 Å². The maximum atomic E-state index is 13.2. The highest BCUT2D eigenvalue weighted by Crippen LogP contribution is 2.22. The summed E-state index contributed by atoms with van der Waals surface area (Å²) in [5.41, 5.74) is 0.904. The number of pyridine rings is 1. The lowest BCUT2D eigenvalue weighted by atomic mass is 10.2. The van der Waals surface area contributed by atoms with Gasteiger partial charge in [0.05, 0.1) is 6.20 Å². The second-order valence-electron chi connectivity index (χ2n) is 4.46. The van der Waals surface area contributed by atoms with E-state index in [1.165, 1.54) is 19.0 Å². The minimum absolute atomic E-state index is 0.284. The van der Waals surface area contributed by atoms with E-state index >= 15 is 0 Å². The van der Waals surface area contributed by atoms with E-state index in [0.717, 1.165) is 11.4 Å². The van der Waals surface area contributed by atoms with Crippen molar-refractivity contribution in [3.8, 4) is 0 Å². The molecule has 0 aromatic carbocycles. The summed E-state index contributed by atoms with van der Waals surface area (Å²) in [4.78, 5) is 6.13. The Balaban J connectivity index is 2.13. The number of rotatable bonds is 6. The molecule has 0 aliphatic heterocycles. The van der Waals surface area contributed by atoms with Gasteiger partial charge in [-0.2, -0.15) is 0 Å². The van der Waals surface area contributed by atoms with E-state index in [1.54, 1.807) is 6.07 Å². The molecule has 1 aromatic rings. The Morgan fingerprint density at radius 1 is 1.65 bits per heavy atom. The molecular weight excluding hydrogens is 217 g/mol. The smallest absolute Gasteiger partial charge is 0.141 e. The summed E-state index contributed by atoms with van der Waals surface area (Å²) in [7, 11) is 1.93. The Morgan fingerprint density at radius 2 is 2.41 bits per heavy atom. The molecule has 0 spiro atoms. The van der Waals surface area contributed by atoms with Gasteiger partial charge in [-0.25, -0.2) is 9.37 Å². The fourth-order valence-corrected chi connectivity index (χ4v) is 1.77. The fourth-order valence-electron chi connectivity index (χ4n) is 1.77. The number of hydrogen-bond donors (Lipinski definition) is 1. The average Bonchev–Trinajstić information content (AvgIpc) is 3.10. The third-order valence-corrected chi connectivity index (χ3v) is 2.83. The second-order valence-corrected chi connectivity index (χ2v) is 4.46. The van der Waals surface area contributed by atoms with Gasteiger partial charge in [-0.1, -0.05) is 6.08 Å². The van der Waals surface area contributed by atoms with Gasteiger partial charge in [-0.05, 0) is 18.9 Å². The molecule has 1 heterocycles. The predicted octanol–water partition coefficient (Wildman–Crippen LogP) is 2.09. The Hall–Kier alpha value is -1.42. The molecule has 2 rings (SSSR count). The number of aromatic nitrogens is 1. The van der Waals surface area contributed by atoms with E-state index in [2.05, 4.69) is 16.9 Å². The molecule has 0 amide bonds. The van der Waals surface area contributed by atoms with Crippen molar-refractivity contribution in [2.45, 2.75) is 25.4 Å². The Kier molecular flexibility index (Phi) is 3.74. The van der Waals surface area contributed by atoms with E-state index in [9.17, 15) is 4.39 Å². The van der Waals surface area contributed by atoms with Crippen LogP contribution >= 0.6 is 0 Å². The first-order valence-electron chi connectivity index (χ1n) is 5.90. The minimum Gasteiger partial charge on any atom is -0.356 e. The van der Waals surface area contributed by atoms with Crippen LogP contribution in [0.15, 0.2) is 24.9 Å². The highest BCUT2D eigenvalue weighted by molar-refractivity contribution is 5.46. The summed E-state index contributed by atoms with van der Waals surface area (Å²) < 4.78 is 13.2. The number of nitrogens with zero attached hydrogens (tertiary/aromatic N) is 2. The fraction of sp³-hybridized carbons (Fsp3) is 0.462. The molecule has 1 aliphatic rings. The highest BCUT2D eigenvalue weighted by atomic mass is 19.1. The van der Waals surface area contributed by atoms with Gasteiger partial charge in [0.15, 0.2) is 0 Å². The summed E-state index contributed by atoms with van der Waals surface area (Å²) in [6, 6.07) is 2.16. The van der Waals surface area contributed by atoms with Gasteiger partial charge in [-0.3, -0.25) is 0 Å². The first kappa shape index (κ1) is 12.0. The van der Waals surface area contributed by atoms with Crippen molar-refractivity contribution < 1.29 is 4.39 Å². The van der Waals surface area contributed by atoms with Crippen LogP contribution in [-0.4, -0.2) is 24.6 Å². The lowest BCUT2D eigenvalue weighted by Crippen LogP contribution is -2.23. The van der Waals surface area contributed by atoms with Gasteiger partial charge in [0.25, 0.3) is 0 Å². The van der Waals surface area contributed by atoms with Crippen molar-refractivity contribution >= 4 is 5.82 Å². The number of halogens is 1. The maximum absolute atomic E-state index is 13.2. The Labute approximate surface area is 101 Å². The Morgan fingerprint density at radius 3 is 3.06 bits per heavy atom. The number of anilines is 1. The van der Waals surface area contributed by atoms with Gasteiger partial charge in [-0.15, -0.1) is 6.58 Å². The SMILES string of the molecule is C=CCN(C)c1ncc(F)cc1CNC1CC1. The standard InChI is InChI=1S/C13H18FN3/c1-3-6-17(2)13-10(7-11(14)9-16-13)8-15-12-4-5-12/h3,7,9,12,15H,1,4-6,8H2,2H3. The van der Waals surface area contributed by atoms with Gasteiger partial charge < -0.3 is 10.2 Å². The van der Waals surface area contributed by atoms with Gasteiger partial charge in [0.2, 0.25) is 0 Å². The van der Waals surface area contributed by atoms with Crippen LogP contribution in [0, 0.1) is 5.82 Å². The normalized spacial score (nSPS) is 14.7. The molecule has 4 heteroatoms. The van der Waals surface area contributed by atoms with Crippen LogP contribution < -0.4 is 10.2 Å². The topological polar surface area (TPSA) is 28.2 Å².